The third-order valence-electron chi connectivity index (χ3n) is 2.28. The van der Waals surface area contributed by atoms with Crippen molar-refractivity contribution in [1.29, 1.82) is 0 Å². The molecule has 0 bridgehead atoms. The number of nitrogens with two attached hydrogens (primary N) is 1. The maximum Gasteiger partial charge on any atom is 0.129 e. The summed E-state index contributed by atoms with van der Waals surface area (Å²) in [6.07, 6.45) is 2.28. The molecule has 1 heterocycles. The van der Waals surface area contributed by atoms with Crippen LogP contribution in [0.3, 0.4) is 0 Å². The van der Waals surface area contributed by atoms with E-state index in [0.29, 0.717) is 17.0 Å². The van der Waals surface area contributed by atoms with Crippen molar-refractivity contribution in [1.82, 2.24) is 4.98 Å². The Morgan fingerprint density at radius 3 is 2.94 bits per heavy atom. The molecule has 0 amide bonds. The average Bonchev–Trinajstić information content (AvgIpc) is 2.70. The zero-order valence-electron chi connectivity index (χ0n) is 8.36. The Labute approximate surface area is 102 Å². The van der Waals surface area contributed by atoms with Gasteiger partial charge in [0.25, 0.3) is 0 Å². The van der Waals surface area contributed by atoms with Crippen LogP contribution in [-0.4, -0.2) is 4.98 Å². The normalized spacial score (nSPS) is 12.7. The molecular formula is C11H10ClFN2S. The summed E-state index contributed by atoms with van der Waals surface area (Å²) in [5.41, 5.74) is 8.04. The monoisotopic (exact) mass is 256 g/mol. The van der Waals surface area contributed by atoms with Gasteiger partial charge in [0, 0.05) is 34.1 Å². The lowest BCUT2D eigenvalue weighted by molar-refractivity contribution is 0.582. The molecule has 0 aliphatic carbocycles. The van der Waals surface area contributed by atoms with Crippen molar-refractivity contribution in [2.45, 2.75) is 12.5 Å². The van der Waals surface area contributed by atoms with Crippen LogP contribution in [0.5, 0.6) is 0 Å². The van der Waals surface area contributed by atoms with Crippen LogP contribution in [0.1, 0.15) is 16.5 Å². The van der Waals surface area contributed by atoms with E-state index in [9.17, 15) is 4.39 Å². The summed E-state index contributed by atoms with van der Waals surface area (Å²) in [5, 5.41) is 0.372. The third-order valence-corrected chi connectivity index (χ3v) is 3.41. The van der Waals surface area contributed by atoms with Gasteiger partial charge in [-0.25, -0.2) is 4.39 Å². The average molecular weight is 257 g/mol. The van der Waals surface area contributed by atoms with Gasteiger partial charge in [0.1, 0.15) is 5.82 Å². The largest absolute Gasteiger partial charge is 0.324 e. The fraction of sp³-hybridized carbons (Fsp3) is 0.182. The van der Waals surface area contributed by atoms with E-state index in [4.69, 9.17) is 17.3 Å². The van der Waals surface area contributed by atoms with Gasteiger partial charge in [0.2, 0.25) is 0 Å². The maximum absolute atomic E-state index is 13.6. The molecule has 1 atom stereocenters. The molecule has 0 saturated heterocycles. The van der Waals surface area contributed by atoms with Gasteiger partial charge in [-0.3, -0.25) is 4.98 Å². The number of hydrogen-bond donors (Lipinski definition) is 1. The molecule has 0 radical (unpaired) electrons. The Morgan fingerprint density at radius 1 is 1.50 bits per heavy atom. The maximum atomic E-state index is 13.6. The molecule has 1 aromatic carbocycles. The Hall–Kier alpha value is -0.970. The first-order chi connectivity index (χ1) is 7.68. The smallest absolute Gasteiger partial charge is 0.129 e. The van der Waals surface area contributed by atoms with Crippen LogP contribution in [0.25, 0.3) is 0 Å². The highest BCUT2D eigenvalue weighted by atomic mass is 35.5. The molecule has 1 unspecified atom stereocenters. The number of hydrogen-bond acceptors (Lipinski definition) is 3. The van der Waals surface area contributed by atoms with E-state index in [-0.39, 0.29) is 5.82 Å². The molecule has 1 aromatic heterocycles. The van der Waals surface area contributed by atoms with Gasteiger partial charge >= 0.3 is 0 Å². The highest BCUT2D eigenvalue weighted by Gasteiger charge is 2.16. The Morgan fingerprint density at radius 2 is 2.31 bits per heavy atom. The van der Waals surface area contributed by atoms with Gasteiger partial charge in [-0.05, 0) is 12.1 Å². The molecule has 84 valence electrons. The predicted octanol–water partition coefficient (Wildman–Crippen LogP) is 3.18. The summed E-state index contributed by atoms with van der Waals surface area (Å²) >= 11 is 7.43. The minimum Gasteiger partial charge on any atom is -0.324 e. The van der Waals surface area contributed by atoms with Crippen LogP contribution in [0, 0.1) is 5.82 Å². The number of halogens is 2. The number of aromatic nitrogens is 1. The molecule has 0 fully saturated rings. The summed E-state index contributed by atoms with van der Waals surface area (Å²) < 4.78 is 13.6. The summed E-state index contributed by atoms with van der Waals surface area (Å²) in [6, 6.07) is 4.15. The fourth-order valence-electron chi connectivity index (χ4n) is 1.53. The lowest BCUT2D eigenvalue weighted by Crippen LogP contribution is -2.15. The second-order valence-corrected chi connectivity index (χ2v) is 4.79. The second kappa shape index (κ2) is 4.91. The molecule has 2 rings (SSSR count). The number of rotatable bonds is 3. The zero-order valence-corrected chi connectivity index (χ0v) is 9.93. The van der Waals surface area contributed by atoms with Gasteiger partial charge in [-0.15, -0.1) is 11.3 Å². The van der Waals surface area contributed by atoms with Crippen molar-refractivity contribution in [2.75, 3.05) is 0 Å². The van der Waals surface area contributed by atoms with E-state index in [0.717, 1.165) is 4.88 Å². The number of benzene rings is 1. The highest BCUT2D eigenvalue weighted by molar-refractivity contribution is 7.09. The third kappa shape index (κ3) is 2.40. The van der Waals surface area contributed by atoms with E-state index in [2.05, 4.69) is 4.98 Å². The molecule has 0 aliphatic heterocycles. The van der Waals surface area contributed by atoms with Crippen molar-refractivity contribution >= 4 is 22.9 Å². The quantitative estimate of drug-likeness (QED) is 0.916. The molecule has 2 nitrogen and oxygen atoms in total. The molecule has 0 saturated carbocycles. The van der Waals surface area contributed by atoms with E-state index < -0.39 is 6.04 Å². The van der Waals surface area contributed by atoms with Crippen LogP contribution in [0.4, 0.5) is 4.39 Å². The molecule has 5 heteroatoms. The summed E-state index contributed by atoms with van der Waals surface area (Å²) in [5.74, 6) is -0.357. The SMILES string of the molecule is NC(Cc1cncs1)c1c(F)cccc1Cl. The van der Waals surface area contributed by atoms with Crippen LogP contribution in [0.15, 0.2) is 29.9 Å². The van der Waals surface area contributed by atoms with Gasteiger partial charge < -0.3 is 5.73 Å². The standard InChI is InChI=1S/C11H10ClFN2S/c12-8-2-1-3-9(13)11(8)10(14)4-7-5-15-6-16-7/h1-3,5-6,10H,4,14H2. The molecule has 2 N–H and O–H groups in total. The second-order valence-electron chi connectivity index (χ2n) is 3.41. The first-order valence-electron chi connectivity index (χ1n) is 4.75. The van der Waals surface area contributed by atoms with Gasteiger partial charge in [-0.2, -0.15) is 0 Å². The van der Waals surface area contributed by atoms with Gasteiger partial charge in [0.05, 0.1) is 5.51 Å². The van der Waals surface area contributed by atoms with Gasteiger partial charge in [-0.1, -0.05) is 17.7 Å². The lowest BCUT2D eigenvalue weighted by atomic mass is 10.0. The zero-order chi connectivity index (χ0) is 11.5. The predicted molar refractivity (Wildman–Crippen MR) is 64.2 cm³/mol. The Balaban J connectivity index is 2.24. The van der Waals surface area contributed by atoms with Crippen molar-refractivity contribution in [3.8, 4) is 0 Å². The number of thiazole rings is 1. The van der Waals surface area contributed by atoms with E-state index >= 15 is 0 Å². The summed E-state index contributed by atoms with van der Waals surface area (Å²) in [4.78, 5) is 4.97. The van der Waals surface area contributed by atoms with Crippen molar-refractivity contribution in [3.05, 3.63) is 51.2 Å². The Kier molecular flexibility index (Phi) is 3.53. The number of nitrogens with zero attached hydrogens (tertiary/aromatic N) is 1. The van der Waals surface area contributed by atoms with Gasteiger partial charge in [0.15, 0.2) is 0 Å². The van der Waals surface area contributed by atoms with Crippen molar-refractivity contribution in [2.24, 2.45) is 5.73 Å². The minimum absolute atomic E-state index is 0.357. The van der Waals surface area contributed by atoms with Crippen LogP contribution < -0.4 is 5.73 Å². The highest BCUT2D eigenvalue weighted by Crippen LogP contribution is 2.27. The first kappa shape index (κ1) is 11.5. The van der Waals surface area contributed by atoms with Crippen LogP contribution in [-0.2, 0) is 6.42 Å². The van der Waals surface area contributed by atoms with E-state index in [1.54, 1.807) is 23.8 Å². The Bertz CT molecular complexity index is 453. The molecule has 16 heavy (non-hydrogen) atoms. The van der Waals surface area contributed by atoms with Crippen molar-refractivity contribution in [3.63, 3.8) is 0 Å². The fourth-order valence-corrected chi connectivity index (χ4v) is 2.48. The molecular weight excluding hydrogens is 247 g/mol. The van der Waals surface area contributed by atoms with Crippen LogP contribution in [0.2, 0.25) is 5.02 Å². The molecule has 2 aromatic rings. The van der Waals surface area contributed by atoms with E-state index in [1.165, 1.54) is 17.4 Å². The molecule has 0 aliphatic rings. The summed E-state index contributed by atoms with van der Waals surface area (Å²) in [6.45, 7) is 0. The lowest BCUT2D eigenvalue weighted by Gasteiger charge is -2.13. The molecule has 0 spiro atoms. The first-order valence-corrected chi connectivity index (χ1v) is 6.01. The summed E-state index contributed by atoms with van der Waals surface area (Å²) in [7, 11) is 0. The van der Waals surface area contributed by atoms with E-state index in [1.807, 2.05) is 0 Å². The van der Waals surface area contributed by atoms with Crippen LogP contribution >= 0.6 is 22.9 Å². The van der Waals surface area contributed by atoms with Crippen molar-refractivity contribution < 1.29 is 4.39 Å². The topological polar surface area (TPSA) is 38.9 Å². The minimum atomic E-state index is -0.436.